The molecular formula is C16H19BrN4O2. The van der Waals surface area contributed by atoms with Gasteiger partial charge in [-0.25, -0.2) is 0 Å². The number of nitrogens with one attached hydrogen (secondary N) is 3. The summed E-state index contributed by atoms with van der Waals surface area (Å²) in [5.41, 5.74) is 1.84. The molecule has 23 heavy (non-hydrogen) atoms. The second kappa shape index (κ2) is 7.92. The first kappa shape index (κ1) is 17.2. The van der Waals surface area contributed by atoms with Crippen molar-refractivity contribution in [2.75, 3.05) is 11.9 Å². The number of H-pyrrole nitrogens is 1. The highest BCUT2D eigenvalue weighted by atomic mass is 79.9. The number of aryl methyl sites for hydroxylation is 1. The molecule has 0 fully saturated rings. The zero-order valence-electron chi connectivity index (χ0n) is 13.1. The fourth-order valence-corrected chi connectivity index (χ4v) is 2.57. The first-order chi connectivity index (χ1) is 11.1. The normalized spacial score (nSPS) is 10.4. The fraction of sp³-hybridized carbons (Fsp3) is 0.312. The standard InChI is InChI=1S/C16H19BrN4O2/c1-3-9-18-16(23)13-12(17)14(21-20-13)19-15(22)11-8-6-5-7-10(11)4-2/h5-8H,3-4,9H2,1-2H3,(H,18,23)(H2,19,20,21,22). The molecule has 1 aromatic heterocycles. The van der Waals surface area contributed by atoms with Crippen molar-refractivity contribution in [2.24, 2.45) is 0 Å². The molecule has 0 aliphatic carbocycles. The van der Waals surface area contributed by atoms with Crippen molar-refractivity contribution in [3.05, 3.63) is 45.6 Å². The molecule has 0 saturated heterocycles. The minimum atomic E-state index is -0.263. The highest BCUT2D eigenvalue weighted by Crippen LogP contribution is 2.24. The number of carbonyl (C=O) groups excluding carboxylic acids is 2. The predicted octanol–water partition coefficient (Wildman–Crippen LogP) is 3.13. The number of aromatic amines is 1. The molecule has 0 spiro atoms. The number of rotatable bonds is 6. The maximum Gasteiger partial charge on any atom is 0.270 e. The smallest absolute Gasteiger partial charge is 0.270 e. The number of benzene rings is 1. The molecule has 6 nitrogen and oxygen atoms in total. The van der Waals surface area contributed by atoms with Crippen LogP contribution in [0.25, 0.3) is 0 Å². The topological polar surface area (TPSA) is 86.9 Å². The number of anilines is 1. The van der Waals surface area contributed by atoms with E-state index in [9.17, 15) is 9.59 Å². The Morgan fingerprint density at radius 1 is 1.22 bits per heavy atom. The summed E-state index contributed by atoms with van der Waals surface area (Å²) in [5.74, 6) is -0.224. The molecule has 0 aliphatic heterocycles. The summed E-state index contributed by atoms with van der Waals surface area (Å²) in [6.45, 7) is 4.54. The summed E-state index contributed by atoms with van der Waals surface area (Å²) < 4.78 is 0.438. The van der Waals surface area contributed by atoms with Gasteiger partial charge in [-0.15, -0.1) is 0 Å². The van der Waals surface area contributed by atoms with Gasteiger partial charge in [0.05, 0.1) is 4.47 Å². The Morgan fingerprint density at radius 2 is 1.96 bits per heavy atom. The maximum absolute atomic E-state index is 12.4. The lowest BCUT2D eigenvalue weighted by Gasteiger charge is -2.07. The highest BCUT2D eigenvalue weighted by molar-refractivity contribution is 9.10. The van der Waals surface area contributed by atoms with Crippen molar-refractivity contribution in [1.29, 1.82) is 0 Å². The Balaban J connectivity index is 2.16. The molecule has 0 unspecified atom stereocenters. The Hall–Kier alpha value is -2.15. The van der Waals surface area contributed by atoms with Crippen LogP contribution in [0.5, 0.6) is 0 Å². The number of nitrogens with zero attached hydrogens (tertiary/aromatic N) is 1. The zero-order valence-corrected chi connectivity index (χ0v) is 14.7. The molecule has 1 aromatic carbocycles. The average Bonchev–Trinajstić information content (AvgIpc) is 2.93. The molecule has 0 bridgehead atoms. The number of carbonyl (C=O) groups is 2. The third-order valence-corrected chi connectivity index (χ3v) is 4.12. The van der Waals surface area contributed by atoms with Crippen LogP contribution in [0.3, 0.4) is 0 Å². The molecular weight excluding hydrogens is 360 g/mol. The van der Waals surface area contributed by atoms with E-state index in [4.69, 9.17) is 0 Å². The Bertz CT molecular complexity index is 712. The summed E-state index contributed by atoms with van der Waals surface area (Å²) in [4.78, 5) is 24.4. The molecule has 122 valence electrons. The van der Waals surface area contributed by atoms with Crippen LogP contribution < -0.4 is 10.6 Å². The predicted molar refractivity (Wildman–Crippen MR) is 92.7 cm³/mol. The summed E-state index contributed by atoms with van der Waals surface area (Å²) in [6, 6.07) is 7.40. The van der Waals surface area contributed by atoms with Gasteiger partial charge in [0.15, 0.2) is 5.82 Å². The fourth-order valence-electron chi connectivity index (χ4n) is 2.11. The van der Waals surface area contributed by atoms with Gasteiger partial charge in [0.2, 0.25) is 0 Å². The number of hydrogen-bond acceptors (Lipinski definition) is 3. The number of aromatic nitrogens is 2. The quantitative estimate of drug-likeness (QED) is 0.721. The van der Waals surface area contributed by atoms with Crippen LogP contribution in [0.1, 0.15) is 46.7 Å². The van der Waals surface area contributed by atoms with E-state index >= 15 is 0 Å². The first-order valence-electron chi connectivity index (χ1n) is 7.49. The lowest BCUT2D eigenvalue weighted by atomic mass is 10.0. The van der Waals surface area contributed by atoms with Crippen LogP contribution in [0.2, 0.25) is 0 Å². The lowest BCUT2D eigenvalue weighted by Crippen LogP contribution is -2.24. The van der Waals surface area contributed by atoms with Crippen LogP contribution >= 0.6 is 15.9 Å². The first-order valence-corrected chi connectivity index (χ1v) is 8.29. The monoisotopic (exact) mass is 378 g/mol. The van der Waals surface area contributed by atoms with Gasteiger partial charge >= 0.3 is 0 Å². The molecule has 7 heteroatoms. The van der Waals surface area contributed by atoms with E-state index in [1.165, 1.54) is 0 Å². The molecule has 2 aromatic rings. The van der Waals surface area contributed by atoms with E-state index in [0.29, 0.717) is 22.4 Å². The Labute approximate surface area is 143 Å². The van der Waals surface area contributed by atoms with Crippen LogP contribution in [0.4, 0.5) is 5.82 Å². The van der Waals surface area contributed by atoms with Gasteiger partial charge in [-0.1, -0.05) is 32.0 Å². The van der Waals surface area contributed by atoms with Crippen molar-refractivity contribution in [3.8, 4) is 0 Å². The number of halogens is 1. The Morgan fingerprint density at radius 3 is 2.65 bits per heavy atom. The second-order valence-electron chi connectivity index (χ2n) is 4.98. The van der Waals surface area contributed by atoms with Gasteiger partial charge in [0, 0.05) is 12.1 Å². The van der Waals surface area contributed by atoms with Gasteiger partial charge in [-0.05, 0) is 40.4 Å². The minimum Gasteiger partial charge on any atom is -0.351 e. The summed E-state index contributed by atoms with van der Waals surface area (Å²) in [5, 5.41) is 12.1. The zero-order chi connectivity index (χ0) is 16.8. The van der Waals surface area contributed by atoms with Crippen LogP contribution in [0.15, 0.2) is 28.7 Å². The van der Waals surface area contributed by atoms with Gasteiger partial charge in [0.25, 0.3) is 11.8 Å². The molecule has 0 aliphatic rings. The van der Waals surface area contributed by atoms with E-state index in [0.717, 1.165) is 18.4 Å². The van der Waals surface area contributed by atoms with E-state index in [1.54, 1.807) is 6.07 Å². The van der Waals surface area contributed by atoms with Crippen molar-refractivity contribution in [1.82, 2.24) is 15.5 Å². The number of amides is 2. The SMILES string of the molecule is CCCNC(=O)c1[nH]nc(NC(=O)c2ccccc2CC)c1Br. The van der Waals surface area contributed by atoms with Gasteiger partial charge < -0.3 is 10.6 Å². The van der Waals surface area contributed by atoms with Crippen molar-refractivity contribution in [2.45, 2.75) is 26.7 Å². The molecule has 0 radical (unpaired) electrons. The van der Waals surface area contributed by atoms with Crippen LogP contribution in [-0.2, 0) is 6.42 Å². The average molecular weight is 379 g/mol. The van der Waals surface area contributed by atoms with Gasteiger partial charge in [0.1, 0.15) is 5.69 Å². The summed E-state index contributed by atoms with van der Waals surface area (Å²) >= 11 is 3.31. The lowest BCUT2D eigenvalue weighted by molar-refractivity contribution is 0.0947. The molecule has 0 saturated carbocycles. The molecule has 1 heterocycles. The second-order valence-corrected chi connectivity index (χ2v) is 5.77. The molecule has 3 N–H and O–H groups in total. The van der Waals surface area contributed by atoms with E-state index < -0.39 is 0 Å². The van der Waals surface area contributed by atoms with Crippen molar-refractivity contribution >= 4 is 33.6 Å². The maximum atomic E-state index is 12.4. The highest BCUT2D eigenvalue weighted by Gasteiger charge is 2.19. The Kier molecular flexibility index (Phi) is 5.92. The van der Waals surface area contributed by atoms with Crippen molar-refractivity contribution < 1.29 is 9.59 Å². The van der Waals surface area contributed by atoms with Gasteiger partial charge in [-0.3, -0.25) is 14.7 Å². The molecule has 2 amide bonds. The van der Waals surface area contributed by atoms with Crippen molar-refractivity contribution in [3.63, 3.8) is 0 Å². The minimum absolute atomic E-state index is 0.254. The van der Waals surface area contributed by atoms with E-state index in [2.05, 4.69) is 36.8 Å². The van der Waals surface area contributed by atoms with Crippen LogP contribution in [-0.4, -0.2) is 28.6 Å². The van der Waals surface area contributed by atoms with Crippen LogP contribution in [0, 0.1) is 0 Å². The van der Waals surface area contributed by atoms with E-state index in [-0.39, 0.29) is 17.5 Å². The summed E-state index contributed by atoms with van der Waals surface area (Å²) in [7, 11) is 0. The molecule has 0 atom stereocenters. The third-order valence-electron chi connectivity index (χ3n) is 3.34. The molecule has 2 rings (SSSR count). The van der Waals surface area contributed by atoms with Gasteiger partial charge in [-0.2, -0.15) is 5.10 Å². The van der Waals surface area contributed by atoms with E-state index in [1.807, 2.05) is 32.0 Å². The largest absolute Gasteiger partial charge is 0.351 e. The number of hydrogen-bond donors (Lipinski definition) is 3. The summed E-state index contributed by atoms with van der Waals surface area (Å²) in [6.07, 6.45) is 1.60. The third kappa shape index (κ3) is 3.98.